The number of hydrogen-bond donors (Lipinski definition) is 2. The standard InChI is InChI=1S/C15H17F2N5O2/c1-9(2)5-6-18-14-13(22(23)24)15(20-8-19-14)21-10-3-4-11(16)12(17)7-10/h3-4,7-9H,5-6H2,1-2H3,(H2,18,19,20,21). The van der Waals surface area contributed by atoms with Gasteiger partial charge in [-0.1, -0.05) is 13.8 Å². The molecule has 0 atom stereocenters. The first-order valence-electron chi connectivity index (χ1n) is 7.33. The number of halogens is 2. The molecule has 128 valence electrons. The van der Waals surface area contributed by atoms with Crippen LogP contribution >= 0.6 is 0 Å². The van der Waals surface area contributed by atoms with Gasteiger partial charge in [-0.15, -0.1) is 0 Å². The summed E-state index contributed by atoms with van der Waals surface area (Å²) in [6.45, 7) is 4.58. The summed E-state index contributed by atoms with van der Waals surface area (Å²) in [5, 5.41) is 16.9. The molecule has 0 radical (unpaired) electrons. The van der Waals surface area contributed by atoms with Gasteiger partial charge in [0.05, 0.1) is 4.92 Å². The minimum absolute atomic E-state index is 0.0701. The number of rotatable bonds is 7. The molecule has 0 aliphatic heterocycles. The predicted molar refractivity (Wildman–Crippen MR) is 86.3 cm³/mol. The van der Waals surface area contributed by atoms with E-state index in [2.05, 4.69) is 20.6 Å². The maximum absolute atomic E-state index is 13.3. The lowest BCUT2D eigenvalue weighted by atomic mass is 10.1. The van der Waals surface area contributed by atoms with Crippen LogP contribution in [0, 0.1) is 27.7 Å². The monoisotopic (exact) mass is 337 g/mol. The molecule has 0 saturated heterocycles. The van der Waals surface area contributed by atoms with Crippen molar-refractivity contribution in [3.8, 4) is 0 Å². The van der Waals surface area contributed by atoms with Gasteiger partial charge in [-0.3, -0.25) is 10.1 Å². The summed E-state index contributed by atoms with van der Waals surface area (Å²) in [5.74, 6) is -1.67. The lowest BCUT2D eigenvalue weighted by Crippen LogP contribution is -2.10. The van der Waals surface area contributed by atoms with Crippen molar-refractivity contribution >= 4 is 23.0 Å². The van der Waals surface area contributed by atoms with E-state index in [4.69, 9.17) is 0 Å². The van der Waals surface area contributed by atoms with E-state index in [9.17, 15) is 18.9 Å². The van der Waals surface area contributed by atoms with Crippen LogP contribution in [0.4, 0.5) is 31.8 Å². The number of hydrogen-bond acceptors (Lipinski definition) is 6. The van der Waals surface area contributed by atoms with E-state index >= 15 is 0 Å². The molecule has 0 saturated carbocycles. The predicted octanol–water partition coefficient (Wildman–Crippen LogP) is 3.86. The quantitative estimate of drug-likeness (QED) is 0.588. The van der Waals surface area contributed by atoms with E-state index in [-0.39, 0.29) is 23.0 Å². The SMILES string of the molecule is CC(C)CCNc1ncnc(Nc2ccc(F)c(F)c2)c1[N+](=O)[O-]. The van der Waals surface area contributed by atoms with Crippen molar-refractivity contribution in [2.75, 3.05) is 17.2 Å². The Labute approximate surface area is 137 Å². The fourth-order valence-electron chi connectivity index (χ4n) is 1.96. The third-order valence-corrected chi connectivity index (χ3v) is 3.20. The fourth-order valence-corrected chi connectivity index (χ4v) is 1.96. The van der Waals surface area contributed by atoms with Gasteiger partial charge in [0.1, 0.15) is 6.33 Å². The van der Waals surface area contributed by atoms with Crippen molar-refractivity contribution in [2.45, 2.75) is 20.3 Å². The number of nitro groups is 1. The first kappa shape index (κ1) is 17.5. The van der Waals surface area contributed by atoms with Crippen molar-refractivity contribution in [1.82, 2.24) is 9.97 Å². The first-order chi connectivity index (χ1) is 11.4. The maximum atomic E-state index is 13.3. The number of anilines is 3. The van der Waals surface area contributed by atoms with E-state index in [0.717, 1.165) is 24.9 Å². The molecule has 0 bridgehead atoms. The highest BCUT2D eigenvalue weighted by Gasteiger charge is 2.23. The number of aromatic nitrogens is 2. The molecule has 0 unspecified atom stereocenters. The Morgan fingerprint density at radius 2 is 1.92 bits per heavy atom. The van der Waals surface area contributed by atoms with Crippen LogP contribution in [0.1, 0.15) is 20.3 Å². The van der Waals surface area contributed by atoms with Crippen LogP contribution < -0.4 is 10.6 Å². The Hall–Kier alpha value is -2.84. The Bertz CT molecular complexity index is 740. The van der Waals surface area contributed by atoms with Crippen LogP contribution in [0.2, 0.25) is 0 Å². The summed E-state index contributed by atoms with van der Waals surface area (Å²) in [5.41, 5.74) is -0.213. The van der Waals surface area contributed by atoms with E-state index < -0.39 is 16.6 Å². The van der Waals surface area contributed by atoms with Crippen LogP contribution in [-0.4, -0.2) is 21.4 Å². The average molecular weight is 337 g/mol. The van der Waals surface area contributed by atoms with Gasteiger partial charge < -0.3 is 10.6 Å². The second-order valence-corrected chi connectivity index (χ2v) is 5.54. The second-order valence-electron chi connectivity index (χ2n) is 5.54. The minimum Gasteiger partial charge on any atom is -0.364 e. The summed E-state index contributed by atoms with van der Waals surface area (Å²) in [4.78, 5) is 18.5. The summed E-state index contributed by atoms with van der Waals surface area (Å²) < 4.78 is 26.2. The zero-order valence-electron chi connectivity index (χ0n) is 13.2. The van der Waals surface area contributed by atoms with E-state index in [1.807, 2.05) is 13.8 Å². The highest BCUT2D eigenvalue weighted by atomic mass is 19.2. The molecule has 0 aliphatic carbocycles. The number of nitrogens with one attached hydrogen (secondary N) is 2. The average Bonchev–Trinajstić information content (AvgIpc) is 2.50. The van der Waals surface area contributed by atoms with Gasteiger partial charge in [0, 0.05) is 18.3 Å². The minimum atomic E-state index is -1.06. The molecule has 2 aromatic rings. The zero-order valence-corrected chi connectivity index (χ0v) is 13.2. The third-order valence-electron chi connectivity index (χ3n) is 3.20. The molecule has 2 rings (SSSR count). The maximum Gasteiger partial charge on any atom is 0.353 e. The third kappa shape index (κ3) is 4.34. The molecule has 1 heterocycles. The van der Waals surface area contributed by atoms with E-state index in [1.165, 1.54) is 6.07 Å². The highest BCUT2D eigenvalue weighted by Crippen LogP contribution is 2.31. The zero-order chi connectivity index (χ0) is 17.7. The Morgan fingerprint density at radius 1 is 1.21 bits per heavy atom. The number of benzene rings is 1. The van der Waals surface area contributed by atoms with Gasteiger partial charge in [-0.25, -0.2) is 18.7 Å². The van der Waals surface area contributed by atoms with Crippen molar-refractivity contribution in [2.24, 2.45) is 5.92 Å². The topological polar surface area (TPSA) is 93.0 Å². The van der Waals surface area contributed by atoms with Gasteiger partial charge >= 0.3 is 5.69 Å². The van der Waals surface area contributed by atoms with E-state index in [1.54, 1.807) is 0 Å². The van der Waals surface area contributed by atoms with Crippen LogP contribution in [0.5, 0.6) is 0 Å². The molecular weight excluding hydrogens is 320 g/mol. The van der Waals surface area contributed by atoms with Gasteiger partial charge in [-0.2, -0.15) is 0 Å². The molecule has 7 nitrogen and oxygen atoms in total. The normalized spacial score (nSPS) is 10.7. The van der Waals surface area contributed by atoms with Crippen molar-refractivity contribution < 1.29 is 13.7 Å². The molecule has 2 N–H and O–H groups in total. The highest BCUT2D eigenvalue weighted by molar-refractivity contribution is 5.73. The molecule has 0 spiro atoms. The number of nitrogens with zero attached hydrogens (tertiary/aromatic N) is 3. The summed E-state index contributed by atoms with van der Waals surface area (Å²) in [6, 6.07) is 3.08. The Morgan fingerprint density at radius 3 is 2.54 bits per heavy atom. The smallest absolute Gasteiger partial charge is 0.353 e. The van der Waals surface area contributed by atoms with Crippen molar-refractivity contribution in [3.05, 3.63) is 46.3 Å². The van der Waals surface area contributed by atoms with Crippen LogP contribution in [-0.2, 0) is 0 Å². The lowest BCUT2D eigenvalue weighted by molar-refractivity contribution is -0.383. The van der Waals surface area contributed by atoms with E-state index in [0.29, 0.717) is 12.5 Å². The van der Waals surface area contributed by atoms with Gasteiger partial charge in [0.2, 0.25) is 11.6 Å². The molecular formula is C15H17F2N5O2. The summed E-state index contributed by atoms with van der Waals surface area (Å²) >= 11 is 0. The molecule has 24 heavy (non-hydrogen) atoms. The van der Waals surface area contributed by atoms with Crippen molar-refractivity contribution in [1.29, 1.82) is 0 Å². The Balaban J connectivity index is 2.28. The molecule has 1 aromatic carbocycles. The molecule has 1 aromatic heterocycles. The molecule has 0 amide bonds. The van der Waals surface area contributed by atoms with Crippen molar-refractivity contribution in [3.63, 3.8) is 0 Å². The second kappa shape index (κ2) is 7.62. The van der Waals surface area contributed by atoms with Gasteiger partial charge in [-0.05, 0) is 24.5 Å². The van der Waals surface area contributed by atoms with Crippen LogP contribution in [0.3, 0.4) is 0 Å². The Kier molecular flexibility index (Phi) is 5.56. The summed E-state index contributed by atoms with van der Waals surface area (Å²) in [6.07, 6.45) is 1.97. The fraction of sp³-hybridized carbons (Fsp3) is 0.333. The molecule has 9 heteroatoms. The van der Waals surface area contributed by atoms with Gasteiger partial charge in [0.25, 0.3) is 0 Å². The summed E-state index contributed by atoms with van der Waals surface area (Å²) in [7, 11) is 0. The van der Waals surface area contributed by atoms with Crippen LogP contribution in [0.25, 0.3) is 0 Å². The van der Waals surface area contributed by atoms with Gasteiger partial charge in [0.15, 0.2) is 11.6 Å². The van der Waals surface area contributed by atoms with Crippen LogP contribution in [0.15, 0.2) is 24.5 Å². The lowest BCUT2D eigenvalue weighted by Gasteiger charge is -2.11. The molecule has 0 fully saturated rings. The largest absolute Gasteiger partial charge is 0.364 e. The first-order valence-corrected chi connectivity index (χ1v) is 7.33. The molecule has 0 aliphatic rings.